The van der Waals surface area contributed by atoms with Crippen LogP contribution in [0.5, 0.6) is 11.5 Å². The van der Waals surface area contributed by atoms with Crippen LogP contribution in [0, 0.1) is 0 Å². The van der Waals surface area contributed by atoms with Crippen LogP contribution in [0.4, 0.5) is 5.69 Å². The van der Waals surface area contributed by atoms with Gasteiger partial charge in [0.25, 0.3) is 0 Å². The highest BCUT2D eigenvalue weighted by atomic mass is 16.5. The Morgan fingerprint density at radius 1 is 0.854 bits per heavy atom. The summed E-state index contributed by atoms with van der Waals surface area (Å²) in [6.45, 7) is 7.10. The molecular formula is C34H41N3O4. The Labute approximate surface area is 243 Å². The largest absolute Gasteiger partial charge is 0.495 e. The number of anilines is 1. The third kappa shape index (κ3) is 6.98. The molecule has 1 N–H and O–H groups in total. The first-order chi connectivity index (χ1) is 20.0. The molecule has 0 fully saturated rings. The van der Waals surface area contributed by atoms with E-state index in [9.17, 15) is 9.59 Å². The summed E-state index contributed by atoms with van der Waals surface area (Å²) >= 11 is 0. The molecule has 2 aromatic heterocycles. The van der Waals surface area contributed by atoms with Crippen molar-refractivity contribution in [1.29, 1.82) is 0 Å². The normalized spacial score (nSPS) is 11.1. The van der Waals surface area contributed by atoms with Crippen molar-refractivity contribution >= 4 is 22.9 Å². The molecule has 216 valence electrons. The van der Waals surface area contributed by atoms with Gasteiger partial charge in [0.1, 0.15) is 11.4 Å². The predicted octanol–water partition coefficient (Wildman–Crippen LogP) is 7.09. The maximum absolute atomic E-state index is 14.1. The third-order valence-corrected chi connectivity index (χ3v) is 7.33. The molecule has 4 rings (SSSR count). The average molecular weight is 556 g/mol. The molecule has 7 heteroatoms. The zero-order chi connectivity index (χ0) is 29.2. The van der Waals surface area contributed by atoms with Gasteiger partial charge < -0.3 is 24.1 Å². The number of hydrogen-bond acceptors (Lipinski definition) is 5. The fourth-order valence-corrected chi connectivity index (χ4v) is 5.13. The zero-order valence-corrected chi connectivity index (χ0v) is 24.6. The number of fused-ring (bicyclic) bond motifs is 1. The summed E-state index contributed by atoms with van der Waals surface area (Å²) in [5, 5.41) is 2.99. The van der Waals surface area contributed by atoms with E-state index in [2.05, 4.69) is 24.1 Å². The van der Waals surface area contributed by atoms with Gasteiger partial charge >= 0.3 is 0 Å². The van der Waals surface area contributed by atoms with E-state index in [0.717, 1.165) is 62.0 Å². The topological polar surface area (TPSA) is 72.3 Å². The van der Waals surface area contributed by atoms with Gasteiger partial charge in [-0.15, -0.1) is 0 Å². The Balaban J connectivity index is 1.60. The van der Waals surface area contributed by atoms with Gasteiger partial charge in [-0.25, -0.2) is 0 Å². The highest BCUT2D eigenvalue weighted by Crippen LogP contribution is 2.40. The number of nitrogens with zero attached hydrogens (tertiary/aromatic N) is 2. The Bertz CT molecular complexity index is 1450. The molecule has 7 nitrogen and oxygen atoms in total. The summed E-state index contributed by atoms with van der Waals surface area (Å²) in [7, 11) is 3.16. The van der Waals surface area contributed by atoms with Gasteiger partial charge in [0.2, 0.25) is 11.7 Å². The monoisotopic (exact) mass is 555 g/mol. The lowest BCUT2D eigenvalue weighted by atomic mass is 9.99. The first-order valence-corrected chi connectivity index (χ1v) is 14.5. The first-order valence-electron chi connectivity index (χ1n) is 14.5. The number of rotatable bonds is 15. The summed E-state index contributed by atoms with van der Waals surface area (Å²) in [6, 6.07) is 20.7. The van der Waals surface area contributed by atoms with Crippen molar-refractivity contribution in [2.45, 2.75) is 46.0 Å². The van der Waals surface area contributed by atoms with E-state index in [0.29, 0.717) is 34.9 Å². The van der Waals surface area contributed by atoms with E-state index in [-0.39, 0.29) is 11.7 Å². The van der Waals surface area contributed by atoms with Gasteiger partial charge in [0.05, 0.1) is 31.0 Å². The lowest BCUT2D eigenvalue weighted by Crippen LogP contribution is -2.30. The molecule has 0 saturated carbocycles. The number of amides is 1. The molecule has 4 aromatic rings. The SMILES string of the molecule is CCCCN(CCCC)CCC(=O)Nc1ccc(C(=O)c2c(-c3ccccc3)c(OC)c3ccccn23)cc1OC. The van der Waals surface area contributed by atoms with Crippen LogP contribution in [0.25, 0.3) is 16.6 Å². The summed E-state index contributed by atoms with van der Waals surface area (Å²) in [5.41, 5.74) is 3.93. The van der Waals surface area contributed by atoms with E-state index >= 15 is 0 Å². The third-order valence-electron chi connectivity index (χ3n) is 7.33. The van der Waals surface area contributed by atoms with Gasteiger partial charge in [-0.05, 0) is 61.8 Å². The van der Waals surface area contributed by atoms with Gasteiger partial charge in [-0.1, -0.05) is 63.1 Å². The minimum absolute atomic E-state index is 0.0749. The van der Waals surface area contributed by atoms with E-state index in [1.165, 1.54) is 0 Å². The zero-order valence-electron chi connectivity index (χ0n) is 24.6. The molecule has 0 aliphatic rings. The second-order valence-corrected chi connectivity index (χ2v) is 10.2. The highest BCUT2D eigenvalue weighted by molar-refractivity contribution is 6.15. The predicted molar refractivity (Wildman–Crippen MR) is 165 cm³/mol. The molecule has 2 heterocycles. The number of ether oxygens (including phenoxy) is 2. The summed E-state index contributed by atoms with van der Waals surface area (Å²) in [6.07, 6.45) is 6.79. The Morgan fingerprint density at radius 2 is 1.56 bits per heavy atom. The van der Waals surface area contributed by atoms with E-state index in [1.807, 2.05) is 59.1 Å². The number of nitrogens with one attached hydrogen (secondary N) is 1. The lowest BCUT2D eigenvalue weighted by molar-refractivity contribution is -0.116. The van der Waals surface area contributed by atoms with Gasteiger partial charge in [0.15, 0.2) is 5.75 Å². The number of methoxy groups -OCH3 is 2. The van der Waals surface area contributed by atoms with Crippen LogP contribution in [0.1, 0.15) is 62.0 Å². The minimum Gasteiger partial charge on any atom is -0.495 e. The Morgan fingerprint density at radius 3 is 2.22 bits per heavy atom. The van der Waals surface area contributed by atoms with Crippen molar-refractivity contribution in [2.75, 3.05) is 39.2 Å². The average Bonchev–Trinajstić information content (AvgIpc) is 3.35. The number of carbonyl (C=O) groups excluding carboxylic acids is 2. The van der Waals surface area contributed by atoms with Crippen LogP contribution in [0.15, 0.2) is 72.9 Å². The maximum Gasteiger partial charge on any atom is 0.225 e. The number of ketones is 1. The first kappa shape index (κ1) is 29.9. The van der Waals surface area contributed by atoms with E-state index in [1.54, 1.807) is 32.4 Å². The second-order valence-electron chi connectivity index (χ2n) is 10.2. The van der Waals surface area contributed by atoms with E-state index in [4.69, 9.17) is 9.47 Å². The molecule has 0 radical (unpaired) electrons. The maximum atomic E-state index is 14.1. The van der Waals surface area contributed by atoms with Gasteiger partial charge in [-0.3, -0.25) is 9.59 Å². The molecule has 0 bridgehead atoms. The number of hydrogen-bond donors (Lipinski definition) is 1. The molecule has 2 aromatic carbocycles. The van der Waals surface area contributed by atoms with Crippen LogP contribution in [-0.2, 0) is 4.79 Å². The van der Waals surface area contributed by atoms with Gasteiger partial charge in [-0.2, -0.15) is 0 Å². The summed E-state index contributed by atoms with van der Waals surface area (Å²) in [4.78, 5) is 29.4. The molecular weight excluding hydrogens is 514 g/mol. The van der Waals surface area contributed by atoms with Crippen LogP contribution in [0.3, 0.4) is 0 Å². The summed E-state index contributed by atoms with van der Waals surface area (Å²) in [5.74, 6) is 0.830. The second kappa shape index (κ2) is 14.5. The van der Waals surface area contributed by atoms with Crippen molar-refractivity contribution in [2.24, 2.45) is 0 Å². The number of pyridine rings is 1. The van der Waals surface area contributed by atoms with Crippen LogP contribution >= 0.6 is 0 Å². The highest BCUT2D eigenvalue weighted by Gasteiger charge is 2.26. The lowest BCUT2D eigenvalue weighted by Gasteiger charge is -2.21. The van der Waals surface area contributed by atoms with Crippen molar-refractivity contribution in [3.8, 4) is 22.6 Å². The molecule has 0 atom stereocenters. The molecule has 0 unspecified atom stereocenters. The number of aromatic nitrogens is 1. The molecule has 41 heavy (non-hydrogen) atoms. The summed E-state index contributed by atoms with van der Waals surface area (Å²) < 4.78 is 13.3. The number of carbonyl (C=O) groups is 2. The Kier molecular flexibility index (Phi) is 10.6. The fourth-order valence-electron chi connectivity index (χ4n) is 5.13. The molecule has 1 amide bonds. The Hall–Kier alpha value is -4.10. The number of benzene rings is 2. The van der Waals surface area contributed by atoms with Crippen LogP contribution < -0.4 is 14.8 Å². The minimum atomic E-state index is -0.174. The van der Waals surface area contributed by atoms with Crippen LogP contribution in [-0.4, -0.2) is 54.8 Å². The standard InChI is InChI=1S/C34H41N3O4/c1-5-7-20-36(21-8-6-2)23-19-30(38)35-27-18-17-26(24-29(27)40-3)33(39)32-31(25-14-10-9-11-15-25)34(41-4)28-16-12-13-22-37(28)32/h9-18,22,24H,5-8,19-21,23H2,1-4H3,(H,35,38). The fraction of sp³-hybridized carbons (Fsp3) is 0.353. The van der Waals surface area contributed by atoms with Crippen molar-refractivity contribution in [3.05, 3.63) is 84.2 Å². The molecule has 0 aliphatic heterocycles. The molecule has 0 aliphatic carbocycles. The number of unbranched alkanes of at least 4 members (excludes halogenated alkanes) is 2. The van der Waals surface area contributed by atoms with Gasteiger partial charge in [0, 0.05) is 24.7 Å². The van der Waals surface area contributed by atoms with Crippen molar-refractivity contribution in [3.63, 3.8) is 0 Å². The van der Waals surface area contributed by atoms with E-state index < -0.39 is 0 Å². The molecule has 0 spiro atoms. The van der Waals surface area contributed by atoms with Crippen LogP contribution in [0.2, 0.25) is 0 Å². The smallest absolute Gasteiger partial charge is 0.225 e. The quantitative estimate of drug-likeness (QED) is 0.159. The van der Waals surface area contributed by atoms with Crippen molar-refractivity contribution in [1.82, 2.24) is 9.30 Å². The molecule has 0 saturated heterocycles. The van der Waals surface area contributed by atoms with Crippen molar-refractivity contribution < 1.29 is 19.1 Å².